The molecular formula is H8CaFeMgSiZn. The molecule has 0 aliphatic carbocycles. The van der Waals surface area contributed by atoms with Crippen molar-refractivity contribution in [1.82, 2.24) is 0 Å². The molecule has 0 saturated carbocycles. The maximum absolute atomic E-state index is 0. The van der Waals surface area contributed by atoms with Gasteiger partial charge in [0.1, 0.15) is 0 Å². The van der Waals surface area contributed by atoms with Gasteiger partial charge in [0.05, 0.1) is 0 Å². The van der Waals surface area contributed by atoms with Crippen LogP contribution in [-0.2, 0) is 36.5 Å². The Morgan fingerprint density at radius 1 is 1.20 bits per heavy atom. The summed E-state index contributed by atoms with van der Waals surface area (Å²) in [6.07, 6.45) is 0. The van der Waals surface area contributed by atoms with E-state index in [1.54, 1.807) is 0 Å². The molecule has 0 aromatic rings. The van der Waals surface area contributed by atoms with E-state index in [0.717, 1.165) is 0 Å². The van der Waals surface area contributed by atoms with Crippen molar-refractivity contribution in [2.75, 3.05) is 0 Å². The molecule has 0 unspecified atom stereocenters. The van der Waals surface area contributed by atoms with Crippen LogP contribution < -0.4 is 0 Å². The molecule has 5 heteroatoms. The summed E-state index contributed by atoms with van der Waals surface area (Å²) in [7, 11) is 0. The summed E-state index contributed by atoms with van der Waals surface area (Å²) in [5.74, 6) is 0. The maximum Gasteiger partial charge on any atom is 2.00 e. The largest absolute Gasteiger partial charge is 2.00 e. The van der Waals surface area contributed by atoms with E-state index in [9.17, 15) is 0 Å². The van der Waals surface area contributed by atoms with Crippen molar-refractivity contribution in [3.05, 3.63) is 0 Å². The van der Waals surface area contributed by atoms with Crippen molar-refractivity contribution in [3.63, 3.8) is 0 Å². The Bertz CT molecular complexity index is 20.5. The predicted octanol–water partition coefficient (Wildman–Crippen LogP) is -1.77. The van der Waals surface area contributed by atoms with Gasteiger partial charge in [0.25, 0.3) is 0 Å². The van der Waals surface area contributed by atoms with Crippen LogP contribution in [0.15, 0.2) is 0 Å². The Morgan fingerprint density at radius 3 is 1.20 bits per heavy atom. The molecule has 0 heterocycles. The maximum atomic E-state index is 0. The predicted molar refractivity (Wildman–Crippen MR) is 27.3 cm³/mol. The third kappa shape index (κ3) is 18.7. The van der Waals surface area contributed by atoms with Gasteiger partial charge in [0.2, 0.25) is 0 Å². The molecule has 0 atom stereocenters. The van der Waals surface area contributed by atoms with Crippen LogP contribution in [0.5, 0.6) is 0 Å². The minimum atomic E-state index is 0. The van der Waals surface area contributed by atoms with Crippen LogP contribution in [-0.4, -0.2) is 71.8 Å². The zero-order valence-corrected chi connectivity index (χ0v) is 10.2. The molecule has 0 saturated heterocycles. The van der Waals surface area contributed by atoms with Crippen molar-refractivity contribution < 1.29 is 42.3 Å². The van der Waals surface area contributed by atoms with E-state index in [1.165, 1.54) is 0 Å². The smallest absolute Gasteiger partial charge is 1.00 e. The van der Waals surface area contributed by atoms with Crippen molar-refractivity contribution in [3.8, 4) is 0 Å². The van der Waals surface area contributed by atoms with E-state index in [2.05, 4.69) is 0 Å². The van der Waals surface area contributed by atoms with Crippen LogP contribution >= 0.6 is 0 Å². The third-order valence-electron chi connectivity index (χ3n) is 0. The summed E-state index contributed by atoms with van der Waals surface area (Å²) < 4.78 is 0. The van der Waals surface area contributed by atoms with Crippen molar-refractivity contribution in [2.24, 2.45) is 0 Å². The van der Waals surface area contributed by atoms with E-state index < -0.39 is 0 Å². The summed E-state index contributed by atoms with van der Waals surface area (Å²) in [5.41, 5.74) is 0. The van der Waals surface area contributed by atoms with Gasteiger partial charge in [-0.1, -0.05) is 0 Å². The second-order valence-corrected chi connectivity index (χ2v) is 0. The molecule has 0 nitrogen and oxygen atoms in total. The molecule has 5 heavy (non-hydrogen) atoms. The second kappa shape index (κ2) is 26.3. The van der Waals surface area contributed by atoms with E-state index in [1.807, 2.05) is 0 Å². The zero-order chi connectivity index (χ0) is 0. The van der Waals surface area contributed by atoms with Gasteiger partial charge in [-0.2, -0.15) is 0 Å². The Labute approximate surface area is 112 Å². The first kappa shape index (κ1) is 39.9. The van der Waals surface area contributed by atoms with Crippen molar-refractivity contribution in [2.45, 2.75) is 0 Å². The minimum absolute atomic E-state index is 0. The fourth-order valence-electron chi connectivity index (χ4n) is 0. The Balaban J connectivity index is 0. The van der Waals surface area contributed by atoms with Crippen LogP contribution in [0.2, 0.25) is 0 Å². The first-order valence-corrected chi connectivity index (χ1v) is 0. The van der Waals surface area contributed by atoms with Crippen LogP contribution in [0.1, 0.15) is 5.71 Å². The molecule has 0 N–H and O–H groups in total. The standard InChI is InChI=1S/Ca.Fe.Mg.H4Si.Zn.4H/h;;;1H4;;;;;/q+2;;+2;;;4*-1. The Kier molecular flexibility index (Phi) is 210. The van der Waals surface area contributed by atoms with Gasteiger partial charge in [-0.05, 0) is 11.0 Å². The average Bonchev–Trinajstić information content (AvgIpc) is 0. The van der Waals surface area contributed by atoms with Crippen molar-refractivity contribution >= 4 is 71.8 Å². The van der Waals surface area contributed by atoms with Gasteiger partial charge in [-0.25, -0.2) is 0 Å². The SMILES string of the molecule is [Ca+2].[Fe].[H-].[H-].[H-].[H-].[Mg+2].[SiH4].[Zn]. The molecular weight excluding hydrogens is 214 g/mol. The fraction of sp³-hybridized carbons (Fsp3) is 0. The molecule has 0 aliphatic heterocycles. The Hall–Kier alpha value is 3.39. The van der Waals surface area contributed by atoms with Gasteiger partial charge in [0, 0.05) is 36.5 Å². The van der Waals surface area contributed by atoms with Crippen LogP contribution in [0.4, 0.5) is 0 Å². The normalized spacial score (nSPS) is 0. The molecule has 26 valence electrons. The number of rotatable bonds is 0. The summed E-state index contributed by atoms with van der Waals surface area (Å²) >= 11 is 0. The van der Waals surface area contributed by atoms with Crippen LogP contribution in [0.25, 0.3) is 0 Å². The van der Waals surface area contributed by atoms with Gasteiger partial charge < -0.3 is 5.71 Å². The molecule has 0 aromatic heterocycles. The first-order valence-electron chi connectivity index (χ1n) is 0. The molecule has 0 aliphatic rings. The second-order valence-electron chi connectivity index (χ2n) is 0. The monoisotopic (exact) mass is 220 g/mol. The molecule has 0 bridgehead atoms. The topological polar surface area (TPSA) is 0 Å². The van der Waals surface area contributed by atoms with E-state index in [-0.39, 0.29) is 114 Å². The minimum Gasteiger partial charge on any atom is -1.00 e. The van der Waals surface area contributed by atoms with Crippen molar-refractivity contribution in [1.29, 1.82) is 0 Å². The third-order valence-corrected chi connectivity index (χ3v) is 0. The fourth-order valence-corrected chi connectivity index (χ4v) is 0. The molecule has 0 fully saturated rings. The van der Waals surface area contributed by atoms with Gasteiger partial charge in [-0.3, -0.25) is 0 Å². The van der Waals surface area contributed by atoms with E-state index >= 15 is 0 Å². The Morgan fingerprint density at radius 2 is 1.20 bits per heavy atom. The number of hydrogen-bond acceptors (Lipinski definition) is 0. The van der Waals surface area contributed by atoms with E-state index in [4.69, 9.17) is 0 Å². The van der Waals surface area contributed by atoms with Gasteiger partial charge in [0.15, 0.2) is 0 Å². The quantitative estimate of drug-likeness (QED) is 0.425. The van der Waals surface area contributed by atoms with Crippen LogP contribution in [0.3, 0.4) is 0 Å². The summed E-state index contributed by atoms with van der Waals surface area (Å²) in [6.45, 7) is 0. The van der Waals surface area contributed by atoms with Gasteiger partial charge >= 0.3 is 60.8 Å². The summed E-state index contributed by atoms with van der Waals surface area (Å²) in [5, 5.41) is 0. The molecule has 0 spiro atoms. The summed E-state index contributed by atoms with van der Waals surface area (Å²) in [6, 6.07) is 0. The molecule has 0 amide bonds. The summed E-state index contributed by atoms with van der Waals surface area (Å²) in [4.78, 5) is 0. The molecule has 0 rings (SSSR count). The first-order chi connectivity index (χ1) is 0. The zero-order valence-electron chi connectivity index (χ0n) is 6.47. The molecule has 0 radical (unpaired) electrons. The average molecular weight is 222 g/mol. The van der Waals surface area contributed by atoms with Crippen LogP contribution in [0, 0.1) is 0 Å². The van der Waals surface area contributed by atoms with E-state index in [0.29, 0.717) is 0 Å². The van der Waals surface area contributed by atoms with Gasteiger partial charge in [-0.15, -0.1) is 0 Å². The number of hydrogen-bond donors (Lipinski definition) is 0. The molecule has 0 aromatic carbocycles.